The van der Waals surface area contributed by atoms with Crippen molar-refractivity contribution < 1.29 is 9.90 Å². The van der Waals surface area contributed by atoms with Crippen molar-refractivity contribution in [2.45, 2.75) is 65.7 Å². The number of carboxylic acid groups (broad SMARTS) is 1. The summed E-state index contributed by atoms with van der Waals surface area (Å²) >= 11 is 3.42. The Labute approximate surface area is 133 Å². The Morgan fingerprint density at radius 1 is 1.05 bits per heavy atom. The summed E-state index contributed by atoms with van der Waals surface area (Å²) in [5, 5.41) is 9.83. The average molecular weight is 350 g/mol. The lowest BCUT2D eigenvalue weighted by Gasteiger charge is -2.17. The number of aliphatic carboxylic acids is 1. The fraction of sp³-hybridized carbons (Fsp3) is 0.812. The number of rotatable bonds is 9. The summed E-state index contributed by atoms with van der Waals surface area (Å²) in [6.45, 7) is 5.83. The molecule has 0 bridgehead atoms. The molecule has 0 radical (unpaired) electrons. The lowest BCUT2D eigenvalue weighted by molar-refractivity contribution is -0.132. The van der Waals surface area contributed by atoms with Crippen molar-refractivity contribution in [3.63, 3.8) is 0 Å². The van der Waals surface area contributed by atoms with E-state index in [0.29, 0.717) is 5.57 Å². The quantitative estimate of drug-likeness (QED) is 0.359. The SMILES string of the molecule is CC/C(=C(/C)C(=O)O)N(C)C.CCCCCCCCBr. The minimum atomic E-state index is -0.837. The Morgan fingerprint density at radius 2 is 1.55 bits per heavy atom. The van der Waals surface area contributed by atoms with E-state index in [1.807, 2.05) is 25.9 Å². The molecular formula is C16H32BrNO2. The molecule has 0 heterocycles. The van der Waals surface area contributed by atoms with E-state index in [0.717, 1.165) is 12.1 Å². The number of nitrogens with zero attached hydrogens (tertiary/aromatic N) is 1. The van der Waals surface area contributed by atoms with Crippen molar-refractivity contribution in [2.24, 2.45) is 0 Å². The van der Waals surface area contributed by atoms with Gasteiger partial charge in [0.2, 0.25) is 0 Å². The van der Waals surface area contributed by atoms with Gasteiger partial charge < -0.3 is 10.0 Å². The zero-order chi connectivity index (χ0) is 16.0. The Kier molecular flexibility index (Phi) is 16.2. The molecule has 0 aromatic carbocycles. The molecule has 0 amide bonds. The van der Waals surface area contributed by atoms with Crippen molar-refractivity contribution in [2.75, 3.05) is 19.4 Å². The highest BCUT2D eigenvalue weighted by atomic mass is 79.9. The molecule has 1 N–H and O–H groups in total. The van der Waals surface area contributed by atoms with Crippen LogP contribution in [0, 0.1) is 0 Å². The Balaban J connectivity index is 0. The molecule has 0 aromatic heterocycles. The standard InChI is InChI=1S/C8H17Br.C8H15NO2/c1-2-3-4-5-6-7-8-9;1-5-7(9(3)4)6(2)8(10)11/h2-8H2,1H3;5H2,1-4H3,(H,10,11)/b;7-6+. The van der Waals surface area contributed by atoms with Crippen LogP contribution in [0.5, 0.6) is 0 Å². The molecule has 0 atom stereocenters. The lowest BCUT2D eigenvalue weighted by Crippen LogP contribution is -2.15. The van der Waals surface area contributed by atoms with Gasteiger partial charge in [0.25, 0.3) is 0 Å². The Bertz CT molecular complexity index is 270. The van der Waals surface area contributed by atoms with Crippen LogP contribution in [-0.4, -0.2) is 35.4 Å². The van der Waals surface area contributed by atoms with Gasteiger partial charge in [0.15, 0.2) is 0 Å². The summed E-state index contributed by atoms with van der Waals surface area (Å²) in [6, 6.07) is 0. The molecule has 0 saturated heterocycles. The monoisotopic (exact) mass is 349 g/mol. The molecule has 0 rings (SSSR count). The molecule has 3 nitrogen and oxygen atoms in total. The molecule has 0 aliphatic heterocycles. The summed E-state index contributed by atoms with van der Waals surface area (Å²) in [4.78, 5) is 12.4. The highest BCUT2D eigenvalue weighted by Crippen LogP contribution is 2.10. The predicted octanol–water partition coefficient (Wildman–Crippen LogP) is 5.06. The van der Waals surface area contributed by atoms with Crippen molar-refractivity contribution in [1.29, 1.82) is 0 Å². The Morgan fingerprint density at radius 3 is 1.85 bits per heavy atom. The van der Waals surface area contributed by atoms with E-state index in [-0.39, 0.29) is 0 Å². The summed E-state index contributed by atoms with van der Waals surface area (Å²) in [7, 11) is 3.70. The maximum absolute atomic E-state index is 10.5. The van der Waals surface area contributed by atoms with Crippen molar-refractivity contribution in [3.05, 3.63) is 11.3 Å². The van der Waals surface area contributed by atoms with Crippen LogP contribution in [0.15, 0.2) is 11.3 Å². The lowest BCUT2D eigenvalue weighted by atomic mass is 10.1. The van der Waals surface area contributed by atoms with E-state index < -0.39 is 5.97 Å². The minimum absolute atomic E-state index is 0.428. The largest absolute Gasteiger partial charge is 0.478 e. The second-order valence-corrected chi connectivity index (χ2v) is 5.87. The van der Waals surface area contributed by atoms with Gasteiger partial charge in [-0.15, -0.1) is 0 Å². The molecule has 4 heteroatoms. The van der Waals surface area contributed by atoms with E-state index in [9.17, 15) is 4.79 Å². The second kappa shape index (κ2) is 14.9. The first-order chi connectivity index (χ1) is 9.42. The van der Waals surface area contributed by atoms with Gasteiger partial charge in [0.05, 0.1) is 5.57 Å². The second-order valence-electron chi connectivity index (χ2n) is 5.08. The molecule has 0 saturated carbocycles. The molecule has 20 heavy (non-hydrogen) atoms. The molecule has 120 valence electrons. The van der Waals surface area contributed by atoms with Crippen molar-refractivity contribution in [3.8, 4) is 0 Å². The Hall–Kier alpha value is -0.510. The zero-order valence-corrected chi connectivity index (χ0v) is 15.4. The fourth-order valence-electron chi connectivity index (χ4n) is 1.92. The normalized spacial score (nSPS) is 11.3. The van der Waals surface area contributed by atoms with Crippen molar-refractivity contribution >= 4 is 21.9 Å². The minimum Gasteiger partial charge on any atom is -0.478 e. The van der Waals surface area contributed by atoms with Crippen molar-refractivity contribution in [1.82, 2.24) is 4.90 Å². The van der Waals surface area contributed by atoms with Crippen LogP contribution in [-0.2, 0) is 4.79 Å². The van der Waals surface area contributed by atoms with Crippen LogP contribution >= 0.6 is 15.9 Å². The third-order valence-electron chi connectivity index (χ3n) is 3.12. The number of hydrogen-bond acceptors (Lipinski definition) is 2. The molecule has 0 aliphatic carbocycles. The topological polar surface area (TPSA) is 40.5 Å². The third-order valence-corrected chi connectivity index (χ3v) is 3.68. The average Bonchev–Trinajstić information content (AvgIpc) is 2.39. The molecular weight excluding hydrogens is 318 g/mol. The van der Waals surface area contributed by atoms with Crippen LogP contribution in [0.2, 0.25) is 0 Å². The van der Waals surface area contributed by atoms with Crippen LogP contribution in [0.4, 0.5) is 0 Å². The highest BCUT2D eigenvalue weighted by molar-refractivity contribution is 9.09. The van der Waals surface area contributed by atoms with Crippen LogP contribution < -0.4 is 0 Å². The van der Waals surface area contributed by atoms with E-state index in [2.05, 4.69) is 22.9 Å². The maximum atomic E-state index is 10.5. The summed E-state index contributed by atoms with van der Waals surface area (Å²) in [5.41, 5.74) is 1.30. The first-order valence-electron chi connectivity index (χ1n) is 7.58. The molecule has 0 fully saturated rings. The van der Waals surface area contributed by atoms with Crippen LogP contribution in [0.1, 0.15) is 65.7 Å². The number of halogens is 1. The number of alkyl halides is 1. The van der Waals surface area contributed by atoms with Gasteiger partial charge in [-0.3, -0.25) is 0 Å². The summed E-state index contributed by atoms with van der Waals surface area (Å²) in [6.07, 6.45) is 9.15. The molecule has 0 aromatic rings. The number of carboxylic acids is 1. The van der Waals surface area contributed by atoms with E-state index >= 15 is 0 Å². The maximum Gasteiger partial charge on any atom is 0.333 e. The fourth-order valence-corrected chi connectivity index (χ4v) is 2.31. The van der Waals surface area contributed by atoms with Gasteiger partial charge in [0.1, 0.15) is 0 Å². The van der Waals surface area contributed by atoms with Gasteiger partial charge in [0, 0.05) is 25.1 Å². The first-order valence-corrected chi connectivity index (χ1v) is 8.70. The third kappa shape index (κ3) is 12.5. The predicted molar refractivity (Wildman–Crippen MR) is 91.5 cm³/mol. The first kappa shape index (κ1) is 21.8. The zero-order valence-electron chi connectivity index (χ0n) is 13.8. The number of hydrogen-bond donors (Lipinski definition) is 1. The van der Waals surface area contributed by atoms with Gasteiger partial charge >= 0.3 is 5.97 Å². The van der Waals surface area contributed by atoms with Crippen LogP contribution in [0.3, 0.4) is 0 Å². The molecule has 0 aliphatic rings. The molecule has 0 spiro atoms. The van der Waals surface area contributed by atoms with Gasteiger partial charge in [-0.1, -0.05) is 61.9 Å². The van der Waals surface area contributed by atoms with Crippen LogP contribution in [0.25, 0.3) is 0 Å². The summed E-state index contributed by atoms with van der Waals surface area (Å²) in [5.74, 6) is -0.837. The van der Waals surface area contributed by atoms with E-state index in [1.54, 1.807) is 6.92 Å². The van der Waals surface area contributed by atoms with Gasteiger partial charge in [-0.25, -0.2) is 4.79 Å². The number of unbranched alkanes of at least 4 members (excludes halogenated alkanes) is 5. The van der Waals surface area contributed by atoms with Gasteiger partial charge in [-0.2, -0.15) is 0 Å². The highest BCUT2D eigenvalue weighted by Gasteiger charge is 2.08. The summed E-state index contributed by atoms with van der Waals surface area (Å²) < 4.78 is 0. The molecule has 0 unspecified atom stereocenters. The van der Waals surface area contributed by atoms with Gasteiger partial charge in [-0.05, 0) is 19.8 Å². The smallest absolute Gasteiger partial charge is 0.333 e. The number of carbonyl (C=O) groups is 1. The van der Waals surface area contributed by atoms with E-state index in [1.165, 1.54) is 43.9 Å². The van der Waals surface area contributed by atoms with E-state index in [4.69, 9.17) is 5.11 Å². The number of allylic oxidation sites excluding steroid dienone is 1.